The number of hydrogen-bond donors (Lipinski definition) is 2. The van der Waals surface area contributed by atoms with Crippen LogP contribution in [-0.4, -0.2) is 59.6 Å². The zero-order valence-corrected chi connectivity index (χ0v) is 17.9. The second kappa shape index (κ2) is 8.02. The molecule has 0 aliphatic carbocycles. The lowest BCUT2D eigenvalue weighted by Gasteiger charge is -2.16. The number of aromatic nitrogens is 6. The Morgan fingerprint density at radius 1 is 1.06 bits per heavy atom. The predicted molar refractivity (Wildman–Crippen MR) is 117 cm³/mol. The summed E-state index contributed by atoms with van der Waals surface area (Å²) in [6.07, 6.45) is 5.17. The average molecular weight is 444 g/mol. The van der Waals surface area contributed by atoms with Crippen molar-refractivity contribution in [3.05, 3.63) is 60.5 Å². The van der Waals surface area contributed by atoms with E-state index in [4.69, 9.17) is 4.52 Å². The standard InChI is InChI=1S/C22H20N8O3/c1-13-24-11-14(12-25-13)26-21-23-8-6-17(28-21)15-4-3-5-16(27-15)18-10-19(33-29-18)22(32)7-9-30(2)20(22)31/h3-6,8,10-12,32H,7,9H2,1-2H3,(H,23,26,28)/t22-/m1/s1. The number of hydrogen-bond acceptors (Lipinski definition) is 10. The van der Waals surface area contributed by atoms with Crippen LogP contribution in [0.2, 0.25) is 0 Å². The zero-order valence-electron chi connectivity index (χ0n) is 17.9. The molecule has 2 N–H and O–H groups in total. The van der Waals surface area contributed by atoms with Crippen molar-refractivity contribution in [3.63, 3.8) is 0 Å². The summed E-state index contributed by atoms with van der Waals surface area (Å²) in [6.45, 7) is 2.25. The highest BCUT2D eigenvalue weighted by Gasteiger charge is 2.48. The van der Waals surface area contributed by atoms with E-state index in [2.05, 4.69) is 35.4 Å². The molecule has 0 aromatic carbocycles. The Hall–Kier alpha value is -4.25. The summed E-state index contributed by atoms with van der Waals surface area (Å²) in [4.78, 5) is 35.5. The van der Waals surface area contributed by atoms with Gasteiger partial charge in [-0.1, -0.05) is 11.2 Å². The molecule has 4 aromatic heterocycles. The fraction of sp³-hybridized carbons (Fsp3) is 0.227. The third kappa shape index (κ3) is 3.89. The van der Waals surface area contributed by atoms with Gasteiger partial charge in [-0.2, -0.15) is 0 Å². The zero-order chi connectivity index (χ0) is 23.0. The molecule has 0 saturated carbocycles. The smallest absolute Gasteiger partial charge is 0.262 e. The third-order valence-corrected chi connectivity index (χ3v) is 5.39. The van der Waals surface area contributed by atoms with Gasteiger partial charge in [0, 0.05) is 32.3 Å². The monoisotopic (exact) mass is 444 g/mol. The van der Waals surface area contributed by atoms with Gasteiger partial charge in [-0.05, 0) is 25.1 Å². The van der Waals surface area contributed by atoms with Crippen LogP contribution in [0.15, 0.2) is 53.4 Å². The molecule has 5 heterocycles. The molecule has 1 aliphatic rings. The van der Waals surface area contributed by atoms with E-state index >= 15 is 0 Å². The number of carbonyl (C=O) groups excluding carboxylic acids is 1. The van der Waals surface area contributed by atoms with E-state index in [-0.39, 0.29) is 12.2 Å². The average Bonchev–Trinajstić information content (AvgIpc) is 3.43. The van der Waals surface area contributed by atoms with Crippen LogP contribution in [0.3, 0.4) is 0 Å². The minimum atomic E-state index is -1.70. The predicted octanol–water partition coefficient (Wildman–Crippen LogP) is 2.09. The van der Waals surface area contributed by atoms with Crippen LogP contribution in [0.5, 0.6) is 0 Å². The van der Waals surface area contributed by atoms with Crippen molar-refractivity contribution in [3.8, 4) is 22.8 Å². The van der Waals surface area contributed by atoms with Gasteiger partial charge in [0.05, 0.1) is 35.2 Å². The normalized spacial score (nSPS) is 18.0. The summed E-state index contributed by atoms with van der Waals surface area (Å²) in [5, 5.41) is 17.9. The Bertz CT molecular complexity index is 1320. The van der Waals surface area contributed by atoms with Crippen molar-refractivity contribution >= 4 is 17.5 Å². The summed E-state index contributed by atoms with van der Waals surface area (Å²) in [5.41, 5.74) is 1.08. The van der Waals surface area contributed by atoms with E-state index in [0.717, 1.165) is 0 Å². The molecule has 0 radical (unpaired) electrons. The largest absolute Gasteiger partial charge is 0.373 e. The first-order chi connectivity index (χ1) is 15.9. The van der Waals surface area contributed by atoms with Gasteiger partial charge in [-0.3, -0.25) is 4.79 Å². The van der Waals surface area contributed by atoms with Crippen LogP contribution in [-0.2, 0) is 10.4 Å². The maximum absolute atomic E-state index is 12.3. The van der Waals surface area contributed by atoms with Crippen LogP contribution in [0.1, 0.15) is 18.0 Å². The van der Waals surface area contributed by atoms with Gasteiger partial charge in [0.15, 0.2) is 5.76 Å². The molecule has 0 bridgehead atoms. The van der Waals surface area contributed by atoms with E-state index in [9.17, 15) is 9.90 Å². The molecular formula is C22H20N8O3. The van der Waals surface area contributed by atoms with Crippen LogP contribution in [0.4, 0.5) is 11.6 Å². The summed E-state index contributed by atoms with van der Waals surface area (Å²) in [5.74, 6) is 0.741. The highest BCUT2D eigenvalue weighted by molar-refractivity contribution is 5.87. The number of nitrogens with zero attached hydrogens (tertiary/aromatic N) is 7. The van der Waals surface area contributed by atoms with Gasteiger partial charge in [-0.25, -0.2) is 24.9 Å². The lowest BCUT2D eigenvalue weighted by molar-refractivity contribution is -0.144. The fourth-order valence-corrected chi connectivity index (χ4v) is 3.54. The van der Waals surface area contributed by atoms with E-state index < -0.39 is 11.5 Å². The SMILES string of the molecule is Cc1ncc(Nc2nccc(-c3cccc(-c4cc([C@]5(O)CCN(C)C5=O)on4)n3)n2)cn1. The number of aliphatic hydroxyl groups is 1. The van der Waals surface area contributed by atoms with E-state index in [1.54, 1.807) is 43.8 Å². The molecule has 1 fully saturated rings. The van der Waals surface area contributed by atoms with Crippen molar-refractivity contribution in [2.75, 3.05) is 18.9 Å². The van der Waals surface area contributed by atoms with Crippen LogP contribution in [0.25, 0.3) is 22.8 Å². The Balaban J connectivity index is 1.41. The molecule has 33 heavy (non-hydrogen) atoms. The van der Waals surface area contributed by atoms with Crippen LogP contribution in [0, 0.1) is 6.92 Å². The third-order valence-electron chi connectivity index (χ3n) is 5.39. The number of aryl methyl sites for hydroxylation is 1. The Labute approximate surface area is 188 Å². The van der Waals surface area contributed by atoms with Crippen molar-refractivity contribution in [2.24, 2.45) is 0 Å². The quantitative estimate of drug-likeness (QED) is 0.469. The van der Waals surface area contributed by atoms with Crippen molar-refractivity contribution in [2.45, 2.75) is 18.9 Å². The maximum atomic E-state index is 12.3. The van der Waals surface area contributed by atoms with E-state index in [0.29, 0.717) is 46.8 Å². The van der Waals surface area contributed by atoms with Gasteiger partial charge in [0.25, 0.3) is 5.91 Å². The molecule has 0 spiro atoms. The van der Waals surface area contributed by atoms with Crippen LogP contribution < -0.4 is 5.32 Å². The molecule has 166 valence electrons. The van der Waals surface area contributed by atoms with Crippen molar-refractivity contribution in [1.82, 2.24) is 35.0 Å². The molecule has 11 heteroatoms. The van der Waals surface area contributed by atoms with Gasteiger partial charge in [-0.15, -0.1) is 0 Å². The number of likely N-dealkylation sites (N-methyl/N-ethyl adjacent to an activating group) is 1. The topological polar surface area (TPSA) is 143 Å². The second-order valence-corrected chi connectivity index (χ2v) is 7.73. The summed E-state index contributed by atoms with van der Waals surface area (Å²) in [6, 6.07) is 8.69. The van der Waals surface area contributed by atoms with E-state index in [1.807, 2.05) is 19.1 Å². The number of pyridine rings is 1. The summed E-state index contributed by atoms with van der Waals surface area (Å²) < 4.78 is 5.33. The molecule has 5 rings (SSSR count). The minimum absolute atomic E-state index is 0.105. The molecule has 4 aromatic rings. The molecule has 1 atom stereocenters. The number of rotatable bonds is 5. The van der Waals surface area contributed by atoms with Gasteiger partial charge in [0.1, 0.15) is 11.5 Å². The second-order valence-electron chi connectivity index (χ2n) is 7.73. The fourth-order valence-electron chi connectivity index (χ4n) is 3.54. The highest BCUT2D eigenvalue weighted by atomic mass is 16.5. The minimum Gasteiger partial charge on any atom is -0.373 e. The van der Waals surface area contributed by atoms with Crippen LogP contribution >= 0.6 is 0 Å². The Kier molecular flexibility index (Phi) is 5.02. The maximum Gasteiger partial charge on any atom is 0.262 e. The summed E-state index contributed by atoms with van der Waals surface area (Å²) >= 11 is 0. The number of anilines is 2. The number of likely N-dealkylation sites (tertiary alicyclic amines) is 1. The highest BCUT2D eigenvalue weighted by Crippen LogP contribution is 2.34. The van der Waals surface area contributed by atoms with Gasteiger partial charge < -0.3 is 19.8 Å². The number of nitrogens with one attached hydrogen (secondary N) is 1. The van der Waals surface area contributed by atoms with Gasteiger partial charge in [0.2, 0.25) is 11.5 Å². The lowest BCUT2D eigenvalue weighted by Crippen LogP contribution is -2.35. The molecule has 1 aliphatic heterocycles. The molecule has 1 saturated heterocycles. The first kappa shape index (κ1) is 20.6. The Morgan fingerprint density at radius 3 is 2.52 bits per heavy atom. The number of amides is 1. The van der Waals surface area contributed by atoms with Crippen molar-refractivity contribution < 1.29 is 14.4 Å². The summed E-state index contributed by atoms with van der Waals surface area (Å²) in [7, 11) is 1.64. The van der Waals surface area contributed by atoms with Gasteiger partial charge >= 0.3 is 0 Å². The number of carbonyl (C=O) groups is 1. The first-order valence-corrected chi connectivity index (χ1v) is 10.2. The molecule has 11 nitrogen and oxygen atoms in total. The first-order valence-electron chi connectivity index (χ1n) is 10.2. The lowest BCUT2D eigenvalue weighted by atomic mass is 9.98. The molecule has 1 amide bonds. The Morgan fingerprint density at radius 2 is 1.79 bits per heavy atom. The van der Waals surface area contributed by atoms with Crippen molar-refractivity contribution in [1.29, 1.82) is 0 Å². The molecular weight excluding hydrogens is 424 g/mol. The molecule has 0 unspecified atom stereocenters. The van der Waals surface area contributed by atoms with E-state index in [1.165, 1.54) is 4.90 Å².